The fourth-order valence-corrected chi connectivity index (χ4v) is 3.14. The van der Waals surface area contributed by atoms with Crippen LogP contribution < -0.4 is 5.32 Å². The molecule has 1 N–H and O–H groups in total. The molecule has 3 heterocycles. The van der Waals surface area contributed by atoms with Crippen LogP contribution in [0.4, 0.5) is 24.9 Å². The number of ether oxygens (including phenoxy) is 1. The molecule has 10 heteroatoms. The lowest BCUT2D eigenvalue weighted by atomic mass is 9.93. The maximum Gasteiger partial charge on any atom is 0.419 e. The highest BCUT2D eigenvalue weighted by molar-refractivity contribution is 5.77. The van der Waals surface area contributed by atoms with E-state index in [0.29, 0.717) is 25.9 Å². The highest BCUT2D eigenvalue weighted by atomic mass is 19.4. The number of alkyl halides is 3. The predicted octanol–water partition coefficient (Wildman–Crippen LogP) is 2.99. The molecule has 2 aromatic heterocycles. The van der Waals surface area contributed by atoms with Crippen molar-refractivity contribution < 1.29 is 22.7 Å². The normalized spacial score (nSPS) is 15.5. The Morgan fingerprint density at radius 3 is 2.68 bits per heavy atom. The Hall–Kier alpha value is -2.75. The van der Waals surface area contributed by atoms with Crippen molar-refractivity contribution >= 4 is 17.7 Å². The highest BCUT2D eigenvalue weighted by Crippen LogP contribution is 2.34. The number of hydrogen-bond donors (Lipinski definition) is 1. The van der Waals surface area contributed by atoms with E-state index in [4.69, 9.17) is 4.74 Å². The Bertz CT molecular complexity index is 823. The summed E-state index contributed by atoms with van der Waals surface area (Å²) < 4.78 is 44.2. The molecule has 1 saturated heterocycles. The second-order valence-corrected chi connectivity index (χ2v) is 6.42. The monoisotopic (exact) mass is 395 g/mol. The van der Waals surface area contributed by atoms with Gasteiger partial charge in [-0.25, -0.2) is 15.0 Å². The van der Waals surface area contributed by atoms with Crippen molar-refractivity contribution in [3.63, 3.8) is 0 Å². The van der Waals surface area contributed by atoms with E-state index in [9.17, 15) is 18.0 Å². The molecule has 3 rings (SSSR count). The van der Waals surface area contributed by atoms with Gasteiger partial charge >= 0.3 is 6.18 Å². The maximum absolute atomic E-state index is 13.1. The van der Waals surface area contributed by atoms with Crippen LogP contribution in [-0.4, -0.2) is 52.6 Å². The van der Waals surface area contributed by atoms with E-state index < -0.39 is 11.7 Å². The van der Waals surface area contributed by atoms with Crippen LogP contribution in [0, 0.1) is 0 Å². The molecule has 0 aromatic carbocycles. The number of carbonyl (C=O) groups excluding carboxylic acids is 1. The molecule has 28 heavy (non-hydrogen) atoms. The van der Waals surface area contributed by atoms with E-state index in [1.165, 1.54) is 25.6 Å². The van der Waals surface area contributed by atoms with Crippen LogP contribution in [0.1, 0.15) is 30.0 Å². The molecule has 0 aliphatic carbocycles. The summed E-state index contributed by atoms with van der Waals surface area (Å²) in [6, 6.07) is 3.92. The quantitative estimate of drug-likeness (QED) is 0.839. The summed E-state index contributed by atoms with van der Waals surface area (Å²) in [6.07, 6.45) is -0.333. The van der Waals surface area contributed by atoms with Crippen LogP contribution in [-0.2, 0) is 15.7 Å². The first-order chi connectivity index (χ1) is 13.4. The second-order valence-electron chi connectivity index (χ2n) is 6.42. The zero-order valence-corrected chi connectivity index (χ0v) is 15.2. The van der Waals surface area contributed by atoms with Crippen molar-refractivity contribution in [2.75, 3.05) is 32.1 Å². The summed E-state index contributed by atoms with van der Waals surface area (Å²) >= 11 is 0. The van der Waals surface area contributed by atoms with Crippen molar-refractivity contribution in [3.05, 3.63) is 41.9 Å². The maximum atomic E-state index is 13.1. The molecule has 1 aliphatic rings. The molecular formula is C18H20F3N5O2. The molecule has 1 aliphatic heterocycles. The molecule has 0 bridgehead atoms. The number of nitrogens with zero attached hydrogens (tertiary/aromatic N) is 4. The number of halogens is 3. The summed E-state index contributed by atoms with van der Waals surface area (Å²) in [5.74, 6) is -0.242. The molecule has 2 aromatic rings. The van der Waals surface area contributed by atoms with Crippen LogP contribution >= 0.6 is 0 Å². The third-order valence-electron chi connectivity index (χ3n) is 4.55. The van der Waals surface area contributed by atoms with E-state index in [1.54, 1.807) is 11.0 Å². The minimum atomic E-state index is -4.53. The van der Waals surface area contributed by atoms with Gasteiger partial charge in [-0.3, -0.25) is 4.79 Å². The summed E-state index contributed by atoms with van der Waals surface area (Å²) in [6.45, 7) is 1.22. The zero-order valence-electron chi connectivity index (χ0n) is 15.2. The van der Waals surface area contributed by atoms with Gasteiger partial charge in [0.2, 0.25) is 11.9 Å². The third kappa shape index (κ3) is 4.75. The van der Waals surface area contributed by atoms with Gasteiger partial charge in [0.05, 0.1) is 5.56 Å². The Labute approximate surface area is 160 Å². The summed E-state index contributed by atoms with van der Waals surface area (Å²) in [4.78, 5) is 25.8. The summed E-state index contributed by atoms with van der Waals surface area (Å²) in [5.41, 5.74) is -0.158. The van der Waals surface area contributed by atoms with Crippen LogP contribution in [0.5, 0.6) is 0 Å². The molecule has 7 nitrogen and oxygen atoms in total. The average Bonchev–Trinajstić information content (AvgIpc) is 2.68. The standard InChI is InChI=1S/C18H20F3N5O2/c1-28-11-15(27)26-9-5-12(6-10-26)14-4-8-23-17(24-14)25-16-13(18(19,20)21)3-2-7-22-16/h2-4,7-8,12H,5-6,9-11H2,1H3,(H,22,23,24,25). The number of piperidine rings is 1. The number of rotatable bonds is 5. The minimum absolute atomic E-state index is 0.0534. The van der Waals surface area contributed by atoms with Crippen molar-refractivity contribution in [2.24, 2.45) is 0 Å². The molecule has 0 radical (unpaired) electrons. The summed E-state index contributed by atoms with van der Waals surface area (Å²) in [7, 11) is 1.48. The molecular weight excluding hydrogens is 375 g/mol. The van der Waals surface area contributed by atoms with Gasteiger partial charge in [0, 0.05) is 44.2 Å². The highest BCUT2D eigenvalue weighted by Gasteiger charge is 2.34. The molecule has 0 saturated carbocycles. The van der Waals surface area contributed by atoms with Crippen molar-refractivity contribution in [3.8, 4) is 0 Å². The Balaban J connectivity index is 1.70. The largest absolute Gasteiger partial charge is 0.419 e. The van der Waals surface area contributed by atoms with Gasteiger partial charge in [0.1, 0.15) is 12.4 Å². The number of methoxy groups -OCH3 is 1. The van der Waals surface area contributed by atoms with Gasteiger partial charge in [-0.1, -0.05) is 0 Å². The SMILES string of the molecule is COCC(=O)N1CCC(c2ccnc(Nc3ncccc3C(F)(F)F)n2)CC1. The number of aromatic nitrogens is 3. The van der Waals surface area contributed by atoms with E-state index >= 15 is 0 Å². The lowest BCUT2D eigenvalue weighted by molar-refractivity contribution is -0.137. The minimum Gasteiger partial charge on any atom is -0.375 e. The Morgan fingerprint density at radius 1 is 1.25 bits per heavy atom. The van der Waals surface area contributed by atoms with Gasteiger partial charge in [-0.05, 0) is 31.0 Å². The Kier molecular flexibility index (Phi) is 6.08. The van der Waals surface area contributed by atoms with Gasteiger partial charge in [-0.15, -0.1) is 0 Å². The molecule has 1 amide bonds. The predicted molar refractivity (Wildman–Crippen MR) is 95.0 cm³/mol. The van der Waals surface area contributed by atoms with Crippen molar-refractivity contribution in [1.29, 1.82) is 0 Å². The first-order valence-corrected chi connectivity index (χ1v) is 8.77. The second kappa shape index (κ2) is 8.51. The molecule has 150 valence electrons. The Morgan fingerprint density at radius 2 is 2.00 bits per heavy atom. The van der Waals surface area contributed by atoms with E-state index in [1.807, 2.05) is 0 Å². The fourth-order valence-electron chi connectivity index (χ4n) is 3.14. The lowest BCUT2D eigenvalue weighted by Crippen LogP contribution is -2.39. The van der Waals surface area contributed by atoms with Gasteiger partial charge in [-0.2, -0.15) is 13.2 Å². The van der Waals surface area contributed by atoms with Crippen LogP contribution in [0.2, 0.25) is 0 Å². The molecule has 1 fully saturated rings. The van der Waals surface area contributed by atoms with Crippen LogP contribution in [0.15, 0.2) is 30.6 Å². The lowest BCUT2D eigenvalue weighted by Gasteiger charge is -2.31. The number of likely N-dealkylation sites (tertiary alicyclic amines) is 1. The molecule has 0 atom stereocenters. The van der Waals surface area contributed by atoms with E-state index in [0.717, 1.165) is 11.8 Å². The molecule has 0 unspecified atom stereocenters. The number of nitrogens with one attached hydrogen (secondary N) is 1. The fraction of sp³-hybridized carbons (Fsp3) is 0.444. The molecule has 0 spiro atoms. The third-order valence-corrected chi connectivity index (χ3v) is 4.55. The first kappa shape index (κ1) is 20.0. The number of hydrogen-bond acceptors (Lipinski definition) is 6. The topological polar surface area (TPSA) is 80.2 Å². The van der Waals surface area contributed by atoms with E-state index in [2.05, 4.69) is 20.3 Å². The van der Waals surface area contributed by atoms with Crippen LogP contribution in [0.3, 0.4) is 0 Å². The smallest absolute Gasteiger partial charge is 0.375 e. The number of amides is 1. The van der Waals surface area contributed by atoms with Gasteiger partial charge in [0.15, 0.2) is 0 Å². The summed E-state index contributed by atoms with van der Waals surface area (Å²) in [5, 5.41) is 2.57. The average molecular weight is 395 g/mol. The van der Waals surface area contributed by atoms with Crippen molar-refractivity contribution in [2.45, 2.75) is 24.9 Å². The van der Waals surface area contributed by atoms with Crippen LogP contribution in [0.25, 0.3) is 0 Å². The van der Waals surface area contributed by atoms with Gasteiger partial charge < -0.3 is 15.0 Å². The number of carbonyl (C=O) groups is 1. The van der Waals surface area contributed by atoms with Crippen molar-refractivity contribution in [1.82, 2.24) is 19.9 Å². The number of pyridine rings is 1. The first-order valence-electron chi connectivity index (χ1n) is 8.77. The number of anilines is 2. The van der Waals surface area contributed by atoms with E-state index in [-0.39, 0.29) is 30.2 Å². The zero-order chi connectivity index (χ0) is 20.1. The van der Waals surface area contributed by atoms with Gasteiger partial charge in [0.25, 0.3) is 0 Å².